The SMILES string of the molecule is O=C(O)c1cc(-c2cccc(F)c2)c2nccn2c1. The molecule has 0 aliphatic rings. The van der Waals surface area contributed by atoms with Gasteiger partial charge in [-0.05, 0) is 23.8 Å². The molecule has 2 aromatic heterocycles. The van der Waals surface area contributed by atoms with E-state index in [9.17, 15) is 9.18 Å². The summed E-state index contributed by atoms with van der Waals surface area (Å²) in [6.07, 6.45) is 4.71. The van der Waals surface area contributed by atoms with Crippen LogP contribution in [0.1, 0.15) is 10.4 Å². The van der Waals surface area contributed by atoms with Crippen LogP contribution in [-0.2, 0) is 0 Å². The molecule has 0 spiro atoms. The molecule has 0 unspecified atom stereocenters. The number of rotatable bonds is 2. The Balaban J connectivity index is 2.32. The number of aromatic carboxylic acids is 1. The molecule has 94 valence electrons. The van der Waals surface area contributed by atoms with E-state index in [1.807, 2.05) is 0 Å². The number of imidazole rings is 1. The number of halogens is 1. The third-order valence-electron chi connectivity index (χ3n) is 2.87. The van der Waals surface area contributed by atoms with Crippen LogP contribution in [0.25, 0.3) is 16.8 Å². The van der Waals surface area contributed by atoms with E-state index in [-0.39, 0.29) is 11.4 Å². The molecule has 0 aliphatic heterocycles. The van der Waals surface area contributed by atoms with Crippen LogP contribution in [0.4, 0.5) is 4.39 Å². The molecular formula is C14H9FN2O2. The zero-order valence-electron chi connectivity index (χ0n) is 9.75. The summed E-state index contributed by atoms with van der Waals surface area (Å²) >= 11 is 0. The highest BCUT2D eigenvalue weighted by atomic mass is 19.1. The number of fused-ring (bicyclic) bond motifs is 1. The first-order valence-electron chi connectivity index (χ1n) is 5.61. The molecule has 0 aliphatic carbocycles. The average molecular weight is 256 g/mol. The number of carboxylic acids is 1. The molecule has 1 aromatic carbocycles. The van der Waals surface area contributed by atoms with E-state index in [1.165, 1.54) is 24.4 Å². The van der Waals surface area contributed by atoms with Crippen LogP contribution in [0.5, 0.6) is 0 Å². The predicted molar refractivity (Wildman–Crippen MR) is 67.5 cm³/mol. The van der Waals surface area contributed by atoms with Crippen LogP contribution < -0.4 is 0 Å². The van der Waals surface area contributed by atoms with Gasteiger partial charge in [-0.25, -0.2) is 14.2 Å². The van der Waals surface area contributed by atoms with Gasteiger partial charge in [-0.1, -0.05) is 12.1 Å². The summed E-state index contributed by atoms with van der Waals surface area (Å²) < 4.78 is 14.9. The van der Waals surface area contributed by atoms with Gasteiger partial charge in [-0.3, -0.25) is 0 Å². The summed E-state index contributed by atoms with van der Waals surface area (Å²) in [4.78, 5) is 15.3. The van der Waals surface area contributed by atoms with Gasteiger partial charge in [0.1, 0.15) is 11.5 Å². The second-order valence-corrected chi connectivity index (χ2v) is 4.12. The summed E-state index contributed by atoms with van der Waals surface area (Å²) in [7, 11) is 0. The number of benzene rings is 1. The molecule has 1 N–H and O–H groups in total. The molecule has 0 atom stereocenters. The Morgan fingerprint density at radius 2 is 2.16 bits per heavy atom. The Labute approximate surface area is 107 Å². The summed E-state index contributed by atoms with van der Waals surface area (Å²) in [5, 5.41) is 9.10. The highest BCUT2D eigenvalue weighted by molar-refractivity contribution is 5.91. The van der Waals surface area contributed by atoms with Gasteiger partial charge < -0.3 is 9.51 Å². The third kappa shape index (κ3) is 1.95. The van der Waals surface area contributed by atoms with E-state index in [0.717, 1.165) is 0 Å². The molecular weight excluding hydrogens is 247 g/mol. The largest absolute Gasteiger partial charge is 0.478 e. The zero-order valence-corrected chi connectivity index (χ0v) is 9.75. The van der Waals surface area contributed by atoms with Crippen molar-refractivity contribution < 1.29 is 14.3 Å². The highest BCUT2D eigenvalue weighted by Gasteiger charge is 2.12. The van der Waals surface area contributed by atoms with Crippen molar-refractivity contribution in [2.45, 2.75) is 0 Å². The Hall–Kier alpha value is -2.69. The second-order valence-electron chi connectivity index (χ2n) is 4.12. The topological polar surface area (TPSA) is 54.6 Å². The molecule has 0 bridgehead atoms. The Bertz CT molecular complexity index is 780. The molecule has 0 saturated carbocycles. The molecule has 5 heteroatoms. The number of carboxylic acid groups (broad SMARTS) is 1. The fourth-order valence-corrected chi connectivity index (χ4v) is 2.02. The summed E-state index contributed by atoms with van der Waals surface area (Å²) in [5.74, 6) is -1.41. The molecule has 0 amide bonds. The van der Waals surface area contributed by atoms with Gasteiger partial charge in [-0.15, -0.1) is 0 Å². The minimum absolute atomic E-state index is 0.129. The number of carbonyl (C=O) groups is 1. The van der Waals surface area contributed by atoms with Crippen molar-refractivity contribution in [1.29, 1.82) is 0 Å². The number of nitrogens with zero attached hydrogens (tertiary/aromatic N) is 2. The lowest BCUT2D eigenvalue weighted by molar-refractivity contribution is 0.0696. The van der Waals surface area contributed by atoms with E-state index < -0.39 is 5.97 Å². The minimum Gasteiger partial charge on any atom is -0.478 e. The van der Waals surface area contributed by atoms with Gasteiger partial charge in [0.25, 0.3) is 0 Å². The normalized spacial score (nSPS) is 10.8. The summed E-state index contributed by atoms with van der Waals surface area (Å²) in [6.45, 7) is 0. The Kier molecular flexibility index (Phi) is 2.52. The smallest absolute Gasteiger partial charge is 0.337 e. The van der Waals surface area contributed by atoms with Crippen molar-refractivity contribution >= 4 is 11.6 Å². The molecule has 2 heterocycles. The summed E-state index contributed by atoms with van der Waals surface area (Å²) in [6, 6.07) is 7.50. The number of hydrogen-bond acceptors (Lipinski definition) is 2. The third-order valence-corrected chi connectivity index (χ3v) is 2.87. The highest BCUT2D eigenvalue weighted by Crippen LogP contribution is 2.25. The van der Waals surface area contributed by atoms with Gasteiger partial charge in [0.2, 0.25) is 0 Å². The minimum atomic E-state index is -1.03. The van der Waals surface area contributed by atoms with Crippen molar-refractivity contribution in [2.75, 3.05) is 0 Å². The first-order valence-corrected chi connectivity index (χ1v) is 5.61. The van der Waals surface area contributed by atoms with Crippen molar-refractivity contribution in [3.05, 3.63) is 60.3 Å². The molecule has 4 nitrogen and oxygen atoms in total. The summed E-state index contributed by atoms with van der Waals surface area (Å²) in [5.41, 5.74) is 1.91. The Morgan fingerprint density at radius 1 is 1.32 bits per heavy atom. The monoisotopic (exact) mass is 256 g/mol. The van der Waals surface area contributed by atoms with Crippen LogP contribution in [0, 0.1) is 5.82 Å². The standard InChI is InChI=1S/C14H9FN2O2/c15-11-3-1-2-9(6-11)12-7-10(14(18)19)8-17-5-4-16-13(12)17/h1-8H,(H,18,19). The maximum absolute atomic E-state index is 13.3. The Morgan fingerprint density at radius 3 is 2.89 bits per heavy atom. The second kappa shape index (κ2) is 4.20. The number of aromatic nitrogens is 2. The molecule has 0 fully saturated rings. The first-order chi connectivity index (χ1) is 9.15. The van der Waals surface area contributed by atoms with Crippen LogP contribution in [0.2, 0.25) is 0 Å². The van der Waals surface area contributed by atoms with Crippen molar-refractivity contribution in [1.82, 2.24) is 9.38 Å². The molecule has 19 heavy (non-hydrogen) atoms. The van der Waals surface area contributed by atoms with Crippen LogP contribution in [-0.4, -0.2) is 20.5 Å². The molecule has 0 saturated heterocycles. The predicted octanol–water partition coefficient (Wildman–Crippen LogP) is 2.84. The zero-order chi connectivity index (χ0) is 13.4. The number of pyridine rings is 1. The van der Waals surface area contributed by atoms with Crippen LogP contribution in [0.3, 0.4) is 0 Å². The van der Waals surface area contributed by atoms with Gasteiger partial charge in [0.15, 0.2) is 0 Å². The van der Waals surface area contributed by atoms with Crippen LogP contribution >= 0.6 is 0 Å². The van der Waals surface area contributed by atoms with Crippen molar-refractivity contribution in [3.8, 4) is 11.1 Å². The fourth-order valence-electron chi connectivity index (χ4n) is 2.02. The van der Waals surface area contributed by atoms with Gasteiger partial charge in [0, 0.05) is 24.2 Å². The van der Waals surface area contributed by atoms with E-state index in [1.54, 1.807) is 28.9 Å². The van der Waals surface area contributed by atoms with E-state index in [2.05, 4.69) is 4.98 Å². The van der Waals surface area contributed by atoms with Crippen molar-refractivity contribution in [3.63, 3.8) is 0 Å². The fraction of sp³-hybridized carbons (Fsp3) is 0. The van der Waals surface area contributed by atoms with Gasteiger partial charge in [0.05, 0.1) is 5.56 Å². The van der Waals surface area contributed by atoms with Crippen LogP contribution in [0.15, 0.2) is 48.9 Å². The maximum Gasteiger partial charge on any atom is 0.337 e. The number of hydrogen-bond donors (Lipinski definition) is 1. The van der Waals surface area contributed by atoms with E-state index in [4.69, 9.17) is 5.11 Å². The van der Waals surface area contributed by atoms with E-state index >= 15 is 0 Å². The maximum atomic E-state index is 13.3. The van der Waals surface area contributed by atoms with Crippen molar-refractivity contribution in [2.24, 2.45) is 0 Å². The van der Waals surface area contributed by atoms with E-state index in [0.29, 0.717) is 16.8 Å². The molecule has 3 aromatic rings. The quantitative estimate of drug-likeness (QED) is 0.767. The lowest BCUT2D eigenvalue weighted by atomic mass is 10.1. The van der Waals surface area contributed by atoms with Gasteiger partial charge >= 0.3 is 5.97 Å². The molecule has 0 radical (unpaired) electrons. The molecule has 3 rings (SSSR count). The first kappa shape index (κ1) is 11.4. The average Bonchev–Trinajstić information content (AvgIpc) is 2.85. The lowest BCUT2D eigenvalue weighted by Gasteiger charge is -2.06. The van der Waals surface area contributed by atoms with Gasteiger partial charge in [-0.2, -0.15) is 0 Å². The lowest BCUT2D eigenvalue weighted by Crippen LogP contribution is -2.00.